The first-order chi connectivity index (χ1) is 13.4. The van der Waals surface area contributed by atoms with E-state index in [1.165, 1.54) is 4.40 Å². The smallest absolute Gasteiger partial charge is 0.422 e. The maximum absolute atomic E-state index is 13.5. The largest absolute Gasteiger partial charge is 0.433 e. The van der Waals surface area contributed by atoms with Crippen LogP contribution in [-0.4, -0.2) is 38.3 Å². The molecule has 146 valence electrons. The molecule has 0 aliphatic heterocycles. The van der Waals surface area contributed by atoms with Gasteiger partial charge in [0.05, 0.1) is 0 Å². The van der Waals surface area contributed by atoms with Crippen molar-refractivity contribution in [3.8, 4) is 11.6 Å². The average Bonchev–Trinajstić information content (AvgIpc) is 3.33. The van der Waals surface area contributed by atoms with Gasteiger partial charge in [-0.1, -0.05) is 6.92 Å². The maximum atomic E-state index is 13.5. The Morgan fingerprint density at radius 2 is 2.07 bits per heavy atom. The molecule has 1 unspecified atom stereocenters. The number of alkyl halides is 3. The summed E-state index contributed by atoms with van der Waals surface area (Å²) < 4.78 is 52.2. The van der Waals surface area contributed by atoms with Crippen LogP contribution in [0.25, 0.3) is 28.3 Å². The highest BCUT2D eigenvalue weighted by Crippen LogP contribution is 2.35. The molecular weight excluding hydrogens is 375 g/mol. The highest BCUT2D eigenvalue weighted by molar-refractivity contribution is 5.83. The Bertz CT molecular complexity index is 1120. The fourth-order valence-corrected chi connectivity index (χ4v) is 3.15. The highest BCUT2D eigenvalue weighted by Gasteiger charge is 2.34. The third kappa shape index (κ3) is 3.19. The van der Waals surface area contributed by atoms with Gasteiger partial charge in [0.15, 0.2) is 0 Å². The fourth-order valence-electron chi connectivity index (χ4n) is 3.15. The minimum atomic E-state index is -4.57. The molecule has 4 heterocycles. The monoisotopic (exact) mass is 391 g/mol. The normalized spacial score (nSPS) is 13.5. The van der Waals surface area contributed by atoms with Crippen LogP contribution in [0, 0.1) is 0 Å². The lowest BCUT2D eigenvalue weighted by molar-refractivity contribution is -0.141. The van der Waals surface area contributed by atoms with Crippen molar-refractivity contribution in [3.63, 3.8) is 0 Å². The van der Waals surface area contributed by atoms with Gasteiger partial charge < -0.3 is 9.15 Å². The van der Waals surface area contributed by atoms with Gasteiger partial charge in [-0.25, -0.2) is 9.97 Å². The molecule has 0 fully saturated rings. The van der Waals surface area contributed by atoms with Crippen LogP contribution >= 0.6 is 0 Å². The summed E-state index contributed by atoms with van der Waals surface area (Å²) in [5.74, 6) is 0.0282. The van der Waals surface area contributed by atoms with Gasteiger partial charge in [0.1, 0.15) is 22.7 Å². The van der Waals surface area contributed by atoms with Crippen LogP contribution in [0.3, 0.4) is 0 Å². The number of rotatable bonds is 5. The number of aromatic nitrogens is 5. The number of hydrogen-bond acceptors (Lipinski definition) is 6. The van der Waals surface area contributed by atoms with Crippen LogP contribution in [0.15, 0.2) is 35.2 Å². The summed E-state index contributed by atoms with van der Waals surface area (Å²) in [6.07, 6.45) is -1.28. The first-order valence-electron chi connectivity index (χ1n) is 8.54. The summed E-state index contributed by atoms with van der Waals surface area (Å²) in [4.78, 5) is 8.24. The Hall–Kier alpha value is -3.01. The molecule has 0 saturated heterocycles. The molecule has 28 heavy (non-hydrogen) atoms. The first kappa shape index (κ1) is 18.4. The van der Waals surface area contributed by atoms with Gasteiger partial charge in [-0.15, -0.1) is 10.2 Å². The molecule has 0 aliphatic rings. The molecule has 0 bridgehead atoms. The van der Waals surface area contributed by atoms with E-state index >= 15 is 0 Å². The molecule has 0 aromatic carbocycles. The van der Waals surface area contributed by atoms with Crippen molar-refractivity contribution < 1.29 is 22.3 Å². The molecule has 0 aliphatic carbocycles. The summed E-state index contributed by atoms with van der Waals surface area (Å²) in [6, 6.07) is 4.58. The number of halogens is 3. The zero-order valence-electron chi connectivity index (χ0n) is 15.1. The Labute approximate surface area is 157 Å². The number of pyridine rings is 2. The summed E-state index contributed by atoms with van der Waals surface area (Å²) in [6.45, 7) is 2.32. The van der Waals surface area contributed by atoms with E-state index in [-0.39, 0.29) is 17.5 Å². The van der Waals surface area contributed by atoms with Crippen LogP contribution < -0.4 is 0 Å². The molecule has 4 aromatic heterocycles. The van der Waals surface area contributed by atoms with Gasteiger partial charge in [-0.2, -0.15) is 13.2 Å². The van der Waals surface area contributed by atoms with E-state index in [2.05, 4.69) is 20.2 Å². The van der Waals surface area contributed by atoms with Crippen molar-refractivity contribution in [1.82, 2.24) is 24.6 Å². The van der Waals surface area contributed by atoms with Crippen molar-refractivity contribution >= 4 is 16.7 Å². The van der Waals surface area contributed by atoms with Crippen LogP contribution in [-0.2, 0) is 10.9 Å². The Balaban J connectivity index is 1.97. The number of hydrogen-bond donors (Lipinski definition) is 0. The van der Waals surface area contributed by atoms with E-state index in [9.17, 15) is 13.2 Å². The van der Waals surface area contributed by atoms with E-state index in [0.29, 0.717) is 35.3 Å². The standard InChI is InChI=1S/C18H16F3N5O2/c1-10(5-6-27-2)12-7-14(18(19,20)21)24-16-11(12)3-4-15-23-13(8-26(15)16)17-25-22-9-28-17/h3-4,7-10H,5-6H2,1-2H3. The van der Waals surface area contributed by atoms with Crippen molar-refractivity contribution in [2.24, 2.45) is 0 Å². The van der Waals surface area contributed by atoms with E-state index in [0.717, 1.165) is 12.5 Å². The molecule has 0 radical (unpaired) electrons. The molecule has 7 nitrogen and oxygen atoms in total. The molecule has 10 heteroatoms. The summed E-state index contributed by atoms with van der Waals surface area (Å²) in [7, 11) is 1.56. The molecule has 4 rings (SSSR count). The third-order valence-electron chi connectivity index (χ3n) is 4.59. The molecular formula is C18H16F3N5O2. The predicted octanol–water partition coefficient (Wildman–Crippen LogP) is 4.09. The maximum Gasteiger partial charge on any atom is 0.433 e. The van der Waals surface area contributed by atoms with Gasteiger partial charge in [-0.05, 0) is 36.1 Å². The quantitative estimate of drug-likeness (QED) is 0.510. The zero-order chi connectivity index (χ0) is 19.9. The van der Waals surface area contributed by atoms with Gasteiger partial charge in [0.2, 0.25) is 6.39 Å². The van der Waals surface area contributed by atoms with Crippen molar-refractivity contribution in [3.05, 3.63) is 42.0 Å². The summed E-state index contributed by atoms with van der Waals surface area (Å²) in [5.41, 5.74) is 0.579. The second-order valence-electron chi connectivity index (χ2n) is 6.45. The number of imidazole rings is 1. The van der Waals surface area contributed by atoms with Crippen LogP contribution in [0.4, 0.5) is 13.2 Å². The number of nitrogens with zero attached hydrogens (tertiary/aromatic N) is 5. The van der Waals surface area contributed by atoms with Crippen molar-refractivity contribution in [1.29, 1.82) is 0 Å². The first-order valence-corrected chi connectivity index (χ1v) is 8.54. The fraction of sp³-hybridized carbons (Fsp3) is 0.333. The average molecular weight is 391 g/mol. The second-order valence-corrected chi connectivity index (χ2v) is 6.45. The number of ether oxygens (including phenoxy) is 1. The minimum absolute atomic E-state index is 0.150. The van der Waals surface area contributed by atoms with Crippen LogP contribution in [0.5, 0.6) is 0 Å². The Morgan fingerprint density at radius 1 is 1.25 bits per heavy atom. The lowest BCUT2D eigenvalue weighted by Gasteiger charge is -2.17. The van der Waals surface area contributed by atoms with E-state index in [1.807, 2.05) is 6.92 Å². The van der Waals surface area contributed by atoms with Gasteiger partial charge in [-0.3, -0.25) is 4.40 Å². The van der Waals surface area contributed by atoms with E-state index in [4.69, 9.17) is 9.15 Å². The topological polar surface area (TPSA) is 78.3 Å². The van der Waals surface area contributed by atoms with Crippen molar-refractivity contribution in [2.45, 2.75) is 25.4 Å². The summed E-state index contributed by atoms with van der Waals surface area (Å²) >= 11 is 0. The number of fused-ring (bicyclic) bond motifs is 3. The lowest BCUT2D eigenvalue weighted by Crippen LogP contribution is -2.12. The van der Waals surface area contributed by atoms with E-state index < -0.39 is 11.9 Å². The summed E-state index contributed by atoms with van der Waals surface area (Å²) in [5, 5.41) is 8.02. The second kappa shape index (κ2) is 6.86. The predicted molar refractivity (Wildman–Crippen MR) is 93.7 cm³/mol. The van der Waals surface area contributed by atoms with Crippen molar-refractivity contribution in [2.75, 3.05) is 13.7 Å². The van der Waals surface area contributed by atoms with E-state index in [1.54, 1.807) is 25.4 Å². The van der Waals surface area contributed by atoms with Gasteiger partial charge in [0.25, 0.3) is 5.89 Å². The van der Waals surface area contributed by atoms with Gasteiger partial charge >= 0.3 is 6.18 Å². The molecule has 0 saturated carbocycles. The highest BCUT2D eigenvalue weighted by atomic mass is 19.4. The van der Waals surface area contributed by atoms with Gasteiger partial charge in [0, 0.05) is 25.3 Å². The van der Waals surface area contributed by atoms with Crippen LogP contribution in [0.2, 0.25) is 0 Å². The molecule has 0 N–H and O–H groups in total. The zero-order valence-corrected chi connectivity index (χ0v) is 15.1. The lowest BCUT2D eigenvalue weighted by atomic mass is 9.94. The van der Waals surface area contributed by atoms with Crippen LogP contribution in [0.1, 0.15) is 30.5 Å². The SMILES string of the molecule is COCCC(C)c1cc(C(F)(F)F)nc2c1ccc1nc(-c3nnco3)cn12. The molecule has 0 amide bonds. The molecule has 1 atom stereocenters. The third-order valence-corrected chi connectivity index (χ3v) is 4.59. The molecule has 4 aromatic rings. The minimum Gasteiger partial charge on any atom is -0.422 e. The molecule has 0 spiro atoms. The number of methoxy groups -OCH3 is 1. The Morgan fingerprint density at radius 3 is 2.75 bits per heavy atom. The Kier molecular flexibility index (Phi) is 4.50.